The standard InChI is InChI=1S/C36H62O10/c1-19(17-37)9-8-13-36(7,44)26-20-10-11-24-33(4)14-12-25(46-31-29(43)28(42)27(41)23(18-38)45-31)32(2,3)30(33)22(40)16-35(24,6)34(20,5)15-21(26)39/h12,19-24,26-31,37-44H,8-11,13-18H2,1-7H3/t19?,20-,21+,22-,23+,24+,26+,27+,28-,29+,30?,31?,33+,34-,35+,36-/m0/s1. The number of rotatable bonds is 9. The van der Waals surface area contributed by atoms with Crippen LogP contribution in [0.25, 0.3) is 0 Å². The highest BCUT2D eigenvalue weighted by atomic mass is 16.7. The smallest absolute Gasteiger partial charge is 0.228 e. The Morgan fingerprint density at radius 3 is 2.22 bits per heavy atom. The van der Waals surface area contributed by atoms with Gasteiger partial charge in [-0.3, -0.25) is 0 Å². The fourth-order valence-corrected chi connectivity index (χ4v) is 11.9. The van der Waals surface area contributed by atoms with E-state index in [2.05, 4.69) is 20.8 Å². The van der Waals surface area contributed by atoms with Crippen molar-refractivity contribution in [1.29, 1.82) is 0 Å². The van der Waals surface area contributed by atoms with Gasteiger partial charge >= 0.3 is 0 Å². The van der Waals surface area contributed by atoms with E-state index < -0.39 is 60.5 Å². The van der Waals surface area contributed by atoms with E-state index >= 15 is 0 Å². The summed E-state index contributed by atoms with van der Waals surface area (Å²) in [5.41, 5.74) is -2.60. The number of aliphatic hydroxyl groups is 8. The molecule has 0 aromatic rings. The van der Waals surface area contributed by atoms with Crippen LogP contribution in [-0.2, 0) is 9.47 Å². The molecule has 1 aliphatic heterocycles. The van der Waals surface area contributed by atoms with Gasteiger partial charge in [0, 0.05) is 23.9 Å². The molecule has 0 radical (unpaired) electrons. The highest BCUT2D eigenvalue weighted by Gasteiger charge is 2.72. The molecule has 266 valence electrons. The van der Waals surface area contributed by atoms with Gasteiger partial charge < -0.3 is 50.3 Å². The minimum atomic E-state index is -1.54. The zero-order valence-electron chi connectivity index (χ0n) is 29.0. The van der Waals surface area contributed by atoms with Gasteiger partial charge in [-0.05, 0) is 91.9 Å². The van der Waals surface area contributed by atoms with Gasteiger partial charge in [-0.2, -0.15) is 0 Å². The van der Waals surface area contributed by atoms with Crippen molar-refractivity contribution in [2.45, 2.75) is 148 Å². The van der Waals surface area contributed by atoms with Crippen LogP contribution in [0.5, 0.6) is 0 Å². The van der Waals surface area contributed by atoms with E-state index in [0.717, 1.165) is 25.7 Å². The number of ether oxygens (including phenoxy) is 2. The zero-order chi connectivity index (χ0) is 34.2. The average Bonchev–Trinajstić information content (AvgIpc) is 3.25. The van der Waals surface area contributed by atoms with Crippen LogP contribution in [0.4, 0.5) is 0 Å². The summed E-state index contributed by atoms with van der Waals surface area (Å²) in [5, 5.41) is 86.0. The maximum absolute atomic E-state index is 12.2. The molecule has 1 heterocycles. The molecule has 0 amide bonds. The van der Waals surface area contributed by atoms with Crippen LogP contribution in [-0.4, -0.2) is 103 Å². The monoisotopic (exact) mass is 654 g/mol. The first-order valence-corrected chi connectivity index (χ1v) is 17.7. The molecular formula is C36H62O10. The van der Waals surface area contributed by atoms with Gasteiger partial charge in [-0.15, -0.1) is 0 Å². The largest absolute Gasteiger partial charge is 0.466 e. The number of allylic oxidation sites excluding steroid dienone is 2. The van der Waals surface area contributed by atoms with E-state index in [4.69, 9.17) is 9.47 Å². The van der Waals surface area contributed by atoms with E-state index in [1.165, 1.54) is 0 Å². The van der Waals surface area contributed by atoms with Crippen molar-refractivity contribution in [3.05, 3.63) is 11.8 Å². The second-order valence-electron chi connectivity index (χ2n) is 17.5. The topological polar surface area (TPSA) is 180 Å². The predicted octanol–water partition coefficient (Wildman–Crippen LogP) is 2.47. The van der Waals surface area contributed by atoms with Gasteiger partial charge in [0.05, 0.1) is 24.4 Å². The Labute approximate surface area is 274 Å². The first-order valence-electron chi connectivity index (χ1n) is 17.7. The molecule has 0 bridgehead atoms. The lowest BCUT2D eigenvalue weighted by Gasteiger charge is -2.69. The molecule has 0 aromatic heterocycles. The first-order chi connectivity index (χ1) is 21.3. The SMILES string of the molecule is CC(CO)CCC[C@](C)(O)[C@H]1[C@H](O)C[C@@]2(C)[C@H]1CC[C@@H]1[C@@]3(C)CC=C(OC4O[C@H](CO)[C@@H](O)[C@H](O)[C@H]4O)C(C)(C)C3[C@@H](O)C[C@]12C. The van der Waals surface area contributed by atoms with Gasteiger partial charge in [0.15, 0.2) is 0 Å². The number of aliphatic hydroxyl groups excluding tert-OH is 7. The third-order valence-electron chi connectivity index (χ3n) is 14.3. The molecule has 5 aliphatic rings. The summed E-state index contributed by atoms with van der Waals surface area (Å²) in [4.78, 5) is 0. The summed E-state index contributed by atoms with van der Waals surface area (Å²) in [7, 11) is 0. The lowest BCUT2D eigenvalue weighted by atomic mass is 9.35. The van der Waals surface area contributed by atoms with Crippen LogP contribution in [0.3, 0.4) is 0 Å². The van der Waals surface area contributed by atoms with Gasteiger partial charge in [0.25, 0.3) is 0 Å². The lowest BCUT2D eigenvalue weighted by Crippen LogP contribution is -2.66. The molecule has 5 rings (SSSR count). The summed E-state index contributed by atoms with van der Waals surface area (Å²) in [5.74, 6) is 0.618. The number of fused-ring (bicyclic) bond motifs is 5. The van der Waals surface area contributed by atoms with Crippen LogP contribution in [0.2, 0.25) is 0 Å². The molecule has 10 nitrogen and oxygen atoms in total. The summed E-state index contributed by atoms with van der Waals surface area (Å²) >= 11 is 0. The third kappa shape index (κ3) is 5.50. The summed E-state index contributed by atoms with van der Waals surface area (Å²) in [6, 6.07) is 0. The zero-order valence-corrected chi connectivity index (χ0v) is 29.0. The predicted molar refractivity (Wildman–Crippen MR) is 171 cm³/mol. The molecule has 0 aromatic carbocycles. The molecule has 46 heavy (non-hydrogen) atoms. The fourth-order valence-electron chi connectivity index (χ4n) is 11.9. The maximum atomic E-state index is 12.2. The second-order valence-corrected chi connectivity index (χ2v) is 17.5. The average molecular weight is 655 g/mol. The van der Waals surface area contributed by atoms with E-state index in [1.807, 2.05) is 33.8 Å². The Balaban J connectivity index is 1.41. The van der Waals surface area contributed by atoms with Crippen LogP contribution < -0.4 is 0 Å². The number of hydrogen-bond donors (Lipinski definition) is 8. The molecular weight excluding hydrogens is 592 g/mol. The van der Waals surface area contributed by atoms with Gasteiger partial charge in [0.1, 0.15) is 30.2 Å². The highest BCUT2D eigenvalue weighted by molar-refractivity contribution is 5.26. The lowest BCUT2D eigenvalue weighted by molar-refractivity contribution is -0.299. The van der Waals surface area contributed by atoms with Crippen molar-refractivity contribution in [3.63, 3.8) is 0 Å². The molecule has 0 spiro atoms. The quantitative estimate of drug-likeness (QED) is 0.184. The molecule has 4 aliphatic carbocycles. The van der Waals surface area contributed by atoms with Crippen LogP contribution in [0.1, 0.15) is 99.8 Å². The maximum Gasteiger partial charge on any atom is 0.228 e. The Morgan fingerprint density at radius 2 is 1.59 bits per heavy atom. The van der Waals surface area contributed by atoms with Crippen molar-refractivity contribution < 1.29 is 50.3 Å². The fraction of sp³-hybridized carbons (Fsp3) is 0.944. The minimum Gasteiger partial charge on any atom is -0.466 e. The van der Waals surface area contributed by atoms with Crippen molar-refractivity contribution in [1.82, 2.24) is 0 Å². The number of hydrogen-bond acceptors (Lipinski definition) is 10. The molecule has 3 saturated carbocycles. The van der Waals surface area contributed by atoms with Gasteiger partial charge in [-0.1, -0.05) is 48.0 Å². The van der Waals surface area contributed by atoms with Crippen molar-refractivity contribution >= 4 is 0 Å². The Morgan fingerprint density at radius 1 is 0.935 bits per heavy atom. The van der Waals surface area contributed by atoms with Crippen LogP contribution >= 0.6 is 0 Å². The molecule has 4 fully saturated rings. The van der Waals surface area contributed by atoms with E-state index in [9.17, 15) is 40.9 Å². The summed E-state index contributed by atoms with van der Waals surface area (Å²) in [6.45, 7) is 14.4. The van der Waals surface area contributed by atoms with Crippen molar-refractivity contribution in [2.75, 3.05) is 13.2 Å². The van der Waals surface area contributed by atoms with E-state index in [-0.39, 0.29) is 52.4 Å². The van der Waals surface area contributed by atoms with Crippen LogP contribution in [0.15, 0.2) is 11.8 Å². The normalized spacial score (nSPS) is 50.4. The van der Waals surface area contributed by atoms with Gasteiger partial charge in [-0.25, -0.2) is 0 Å². The van der Waals surface area contributed by atoms with Gasteiger partial charge in [0.2, 0.25) is 6.29 Å². The minimum absolute atomic E-state index is 0.110. The summed E-state index contributed by atoms with van der Waals surface area (Å²) in [6.07, 6.45) is -0.447. The second kappa shape index (κ2) is 12.5. The Kier molecular flexibility index (Phi) is 9.91. The Bertz CT molecular complexity index is 1120. The highest BCUT2D eigenvalue weighted by Crippen LogP contribution is 2.75. The molecule has 3 unspecified atom stereocenters. The third-order valence-corrected chi connectivity index (χ3v) is 14.3. The first kappa shape index (κ1) is 36.5. The van der Waals surface area contributed by atoms with E-state index in [0.29, 0.717) is 31.4 Å². The Hall–Kier alpha value is -0.820. The van der Waals surface area contributed by atoms with E-state index in [1.54, 1.807) is 0 Å². The molecule has 8 N–H and O–H groups in total. The van der Waals surface area contributed by atoms with Crippen LogP contribution in [0, 0.1) is 51.2 Å². The molecule has 10 heteroatoms. The summed E-state index contributed by atoms with van der Waals surface area (Å²) < 4.78 is 11.9. The molecule has 16 atom stereocenters. The van der Waals surface area contributed by atoms with Crippen molar-refractivity contribution in [2.24, 2.45) is 51.2 Å². The molecule has 1 saturated heterocycles. The van der Waals surface area contributed by atoms with Crippen molar-refractivity contribution in [3.8, 4) is 0 Å².